The van der Waals surface area contributed by atoms with Crippen LogP contribution >= 0.6 is 0 Å². The van der Waals surface area contributed by atoms with E-state index in [4.69, 9.17) is 10.5 Å². The average molecular weight is 417 g/mol. The number of methoxy groups -OCH3 is 1. The van der Waals surface area contributed by atoms with E-state index in [0.717, 1.165) is 40.1 Å². The lowest BCUT2D eigenvalue weighted by atomic mass is 10.0. The summed E-state index contributed by atoms with van der Waals surface area (Å²) < 4.78 is 5.34. The number of pyridine rings is 1. The maximum atomic E-state index is 12.5. The third-order valence-corrected chi connectivity index (χ3v) is 4.95. The molecule has 6 nitrogen and oxygen atoms in total. The summed E-state index contributed by atoms with van der Waals surface area (Å²) in [4.78, 5) is 16.9. The van der Waals surface area contributed by atoms with Crippen molar-refractivity contribution in [2.45, 2.75) is 27.2 Å². The first-order valence-electron chi connectivity index (χ1n) is 10.2. The number of nitrogen functional groups attached to an aromatic ring is 1. The summed E-state index contributed by atoms with van der Waals surface area (Å²) in [5.74, 6) is 1.14. The van der Waals surface area contributed by atoms with Crippen LogP contribution in [0.1, 0.15) is 29.2 Å². The molecule has 31 heavy (non-hydrogen) atoms. The van der Waals surface area contributed by atoms with Gasteiger partial charge in [0.05, 0.1) is 18.5 Å². The number of benzene rings is 2. The third kappa shape index (κ3) is 5.63. The molecule has 0 saturated heterocycles. The van der Waals surface area contributed by atoms with Gasteiger partial charge in [0.25, 0.3) is 0 Å². The minimum atomic E-state index is -0.260. The number of nitrogens with zero attached hydrogens (tertiary/aromatic N) is 1. The van der Waals surface area contributed by atoms with Gasteiger partial charge in [0.15, 0.2) is 0 Å². The Kier molecular flexibility index (Phi) is 6.92. The number of hydrogen-bond acceptors (Lipinski definition) is 5. The lowest BCUT2D eigenvalue weighted by Crippen LogP contribution is -2.10. The molecule has 0 atom stereocenters. The SMILES string of the molecule is CCc1cc(NC(=O)/C=C/c2cccnc2Nc2cc(C)cc(OC)c2)c(N)cc1C. The standard InChI is InChI=1S/C25H28N4O2/c1-5-18-14-23(22(26)13-17(18)3)29-24(30)9-8-19-7-6-10-27-25(19)28-20-11-16(2)12-21(15-20)31-4/h6-15H,5,26H2,1-4H3,(H,27,28)(H,29,30)/b9-8+. The van der Waals surface area contributed by atoms with E-state index in [-0.39, 0.29) is 5.91 Å². The molecule has 2 aromatic carbocycles. The van der Waals surface area contributed by atoms with E-state index in [1.807, 2.05) is 56.3 Å². The van der Waals surface area contributed by atoms with Crippen LogP contribution in [-0.4, -0.2) is 18.0 Å². The highest BCUT2D eigenvalue weighted by Gasteiger charge is 2.08. The van der Waals surface area contributed by atoms with Crippen LogP contribution in [-0.2, 0) is 11.2 Å². The van der Waals surface area contributed by atoms with Crippen molar-refractivity contribution in [3.8, 4) is 5.75 Å². The van der Waals surface area contributed by atoms with Gasteiger partial charge in [-0.2, -0.15) is 0 Å². The minimum Gasteiger partial charge on any atom is -0.497 e. The van der Waals surface area contributed by atoms with Crippen molar-refractivity contribution >= 4 is 34.9 Å². The van der Waals surface area contributed by atoms with Crippen molar-refractivity contribution in [2.24, 2.45) is 0 Å². The summed E-state index contributed by atoms with van der Waals surface area (Å²) in [5.41, 5.74) is 12.2. The summed E-state index contributed by atoms with van der Waals surface area (Å²) >= 11 is 0. The Hall–Kier alpha value is -3.80. The van der Waals surface area contributed by atoms with Gasteiger partial charge in [-0.15, -0.1) is 0 Å². The Morgan fingerprint density at radius 1 is 1.19 bits per heavy atom. The number of nitrogens with one attached hydrogen (secondary N) is 2. The Labute approximate surface area is 183 Å². The molecule has 0 bridgehead atoms. The molecule has 0 radical (unpaired) electrons. The maximum Gasteiger partial charge on any atom is 0.248 e. The van der Waals surface area contributed by atoms with Gasteiger partial charge in [-0.05, 0) is 79.4 Å². The number of aryl methyl sites for hydroxylation is 3. The number of amides is 1. The Bertz CT molecular complexity index is 1120. The molecule has 4 N–H and O–H groups in total. The van der Waals surface area contributed by atoms with Crippen molar-refractivity contribution in [1.29, 1.82) is 0 Å². The molecule has 0 unspecified atom stereocenters. The van der Waals surface area contributed by atoms with E-state index in [2.05, 4.69) is 22.5 Å². The lowest BCUT2D eigenvalue weighted by Gasteiger charge is -2.12. The molecule has 0 saturated carbocycles. The van der Waals surface area contributed by atoms with Crippen LogP contribution in [0.2, 0.25) is 0 Å². The molecule has 1 amide bonds. The minimum absolute atomic E-state index is 0.260. The Balaban J connectivity index is 1.78. The second kappa shape index (κ2) is 9.80. The molecule has 0 aliphatic carbocycles. The van der Waals surface area contributed by atoms with Gasteiger partial charge >= 0.3 is 0 Å². The van der Waals surface area contributed by atoms with Crippen LogP contribution in [0, 0.1) is 13.8 Å². The predicted molar refractivity (Wildman–Crippen MR) is 128 cm³/mol. The molecule has 3 aromatic rings. The highest BCUT2D eigenvalue weighted by molar-refractivity contribution is 6.04. The third-order valence-electron chi connectivity index (χ3n) is 4.95. The average Bonchev–Trinajstić information content (AvgIpc) is 2.74. The summed E-state index contributed by atoms with van der Waals surface area (Å²) in [6.07, 6.45) is 5.78. The highest BCUT2D eigenvalue weighted by Crippen LogP contribution is 2.26. The highest BCUT2D eigenvalue weighted by atomic mass is 16.5. The smallest absolute Gasteiger partial charge is 0.248 e. The molecule has 0 spiro atoms. The van der Waals surface area contributed by atoms with Gasteiger partial charge in [0.1, 0.15) is 11.6 Å². The zero-order chi connectivity index (χ0) is 22.4. The first kappa shape index (κ1) is 21.9. The van der Waals surface area contributed by atoms with Crippen molar-refractivity contribution in [1.82, 2.24) is 4.98 Å². The molecule has 0 aliphatic rings. The second-order valence-electron chi connectivity index (χ2n) is 7.35. The van der Waals surface area contributed by atoms with E-state index >= 15 is 0 Å². The van der Waals surface area contributed by atoms with Crippen LogP contribution in [0.3, 0.4) is 0 Å². The number of nitrogens with two attached hydrogens (primary N) is 1. The topological polar surface area (TPSA) is 89.3 Å². The van der Waals surface area contributed by atoms with Crippen molar-refractivity contribution in [3.63, 3.8) is 0 Å². The fourth-order valence-electron chi connectivity index (χ4n) is 3.34. The van der Waals surface area contributed by atoms with E-state index in [1.54, 1.807) is 19.4 Å². The molecule has 0 fully saturated rings. The number of hydrogen-bond donors (Lipinski definition) is 3. The van der Waals surface area contributed by atoms with Crippen LogP contribution in [0.25, 0.3) is 6.08 Å². The molecule has 160 valence electrons. The summed E-state index contributed by atoms with van der Waals surface area (Å²) in [5, 5.41) is 6.16. The van der Waals surface area contributed by atoms with E-state index in [1.165, 1.54) is 6.08 Å². The summed E-state index contributed by atoms with van der Waals surface area (Å²) in [6, 6.07) is 13.4. The largest absolute Gasteiger partial charge is 0.497 e. The predicted octanol–water partition coefficient (Wildman–Crippen LogP) is 5.25. The Morgan fingerprint density at radius 3 is 2.74 bits per heavy atom. The zero-order valence-corrected chi connectivity index (χ0v) is 18.3. The fourth-order valence-corrected chi connectivity index (χ4v) is 3.34. The quantitative estimate of drug-likeness (QED) is 0.362. The van der Waals surface area contributed by atoms with Crippen LogP contribution in [0.15, 0.2) is 54.7 Å². The van der Waals surface area contributed by atoms with Crippen LogP contribution in [0.5, 0.6) is 5.75 Å². The molecule has 6 heteroatoms. The van der Waals surface area contributed by atoms with Gasteiger partial charge in [-0.25, -0.2) is 4.98 Å². The first-order chi connectivity index (χ1) is 14.9. The van der Waals surface area contributed by atoms with Crippen molar-refractivity contribution in [2.75, 3.05) is 23.5 Å². The molecular weight excluding hydrogens is 388 g/mol. The molecular formula is C25H28N4O2. The molecule has 1 heterocycles. The molecule has 1 aromatic heterocycles. The fraction of sp³-hybridized carbons (Fsp3) is 0.200. The van der Waals surface area contributed by atoms with Gasteiger partial charge < -0.3 is 21.1 Å². The number of aromatic nitrogens is 1. The molecule has 0 aliphatic heterocycles. The molecule has 3 rings (SSSR count). The number of ether oxygens (including phenoxy) is 1. The number of rotatable bonds is 7. The normalized spacial score (nSPS) is 10.8. The van der Waals surface area contributed by atoms with Crippen molar-refractivity contribution in [3.05, 3.63) is 77.0 Å². The van der Waals surface area contributed by atoms with E-state index in [9.17, 15) is 4.79 Å². The van der Waals surface area contributed by atoms with Crippen LogP contribution in [0.4, 0.5) is 22.9 Å². The maximum absolute atomic E-state index is 12.5. The summed E-state index contributed by atoms with van der Waals surface area (Å²) in [6.45, 7) is 6.09. The summed E-state index contributed by atoms with van der Waals surface area (Å²) in [7, 11) is 1.64. The lowest BCUT2D eigenvalue weighted by molar-refractivity contribution is -0.111. The monoisotopic (exact) mass is 416 g/mol. The first-order valence-corrected chi connectivity index (χ1v) is 10.2. The van der Waals surface area contributed by atoms with Crippen LogP contribution < -0.4 is 21.1 Å². The van der Waals surface area contributed by atoms with Gasteiger partial charge in [0.2, 0.25) is 5.91 Å². The Morgan fingerprint density at radius 2 is 2.00 bits per heavy atom. The van der Waals surface area contributed by atoms with Gasteiger partial charge in [-0.1, -0.05) is 6.92 Å². The van der Waals surface area contributed by atoms with Gasteiger partial charge in [-0.3, -0.25) is 4.79 Å². The number of anilines is 4. The zero-order valence-electron chi connectivity index (χ0n) is 18.3. The number of carbonyl (C=O) groups excluding carboxylic acids is 1. The van der Waals surface area contributed by atoms with E-state index < -0.39 is 0 Å². The van der Waals surface area contributed by atoms with Crippen molar-refractivity contribution < 1.29 is 9.53 Å². The van der Waals surface area contributed by atoms with E-state index in [0.29, 0.717) is 17.2 Å². The second-order valence-corrected chi connectivity index (χ2v) is 7.35. The number of carbonyl (C=O) groups is 1. The van der Waals surface area contributed by atoms with Gasteiger partial charge in [0, 0.05) is 29.6 Å².